The third-order valence-corrected chi connectivity index (χ3v) is 4.29. The summed E-state index contributed by atoms with van der Waals surface area (Å²) in [6.07, 6.45) is 3.43. The lowest BCUT2D eigenvalue weighted by atomic mass is 9.97. The molecular formula is C14H23N3O2S. The highest BCUT2D eigenvalue weighted by molar-refractivity contribution is 7.99. The van der Waals surface area contributed by atoms with Crippen LogP contribution in [0, 0.1) is 0 Å². The number of aromatic nitrogens is 2. The second-order valence-electron chi connectivity index (χ2n) is 6.34. The van der Waals surface area contributed by atoms with Crippen molar-refractivity contribution in [3.05, 3.63) is 5.89 Å². The predicted molar refractivity (Wildman–Crippen MR) is 78.7 cm³/mol. The number of carbonyl (C=O) groups is 1. The van der Waals surface area contributed by atoms with E-state index in [0.717, 1.165) is 19.4 Å². The van der Waals surface area contributed by atoms with Crippen molar-refractivity contribution in [2.24, 2.45) is 0 Å². The van der Waals surface area contributed by atoms with Crippen LogP contribution in [0.5, 0.6) is 0 Å². The molecular weight excluding hydrogens is 274 g/mol. The standard InChI is InChI=1S/C14H23N3O2S/c1-10-7-5-6-8-17(10)11(18)9-20-13-16-15-12(19-13)14(2,3)4/h10H,5-9H2,1-4H3/t10-/m1/s1. The quantitative estimate of drug-likeness (QED) is 0.803. The van der Waals surface area contributed by atoms with Crippen LogP contribution in [-0.2, 0) is 10.2 Å². The van der Waals surface area contributed by atoms with Gasteiger partial charge in [-0.05, 0) is 26.2 Å². The van der Waals surface area contributed by atoms with Crippen LogP contribution in [0.1, 0.15) is 52.8 Å². The van der Waals surface area contributed by atoms with Gasteiger partial charge in [-0.3, -0.25) is 4.79 Å². The molecule has 0 aromatic carbocycles. The summed E-state index contributed by atoms with van der Waals surface area (Å²) in [4.78, 5) is 14.2. The average molecular weight is 297 g/mol. The zero-order chi connectivity index (χ0) is 14.8. The first kappa shape index (κ1) is 15.4. The molecule has 0 spiro atoms. The van der Waals surface area contributed by atoms with Crippen LogP contribution in [0.2, 0.25) is 0 Å². The fourth-order valence-electron chi connectivity index (χ4n) is 2.25. The Hall–Kier alpha value is -1.04. The van der Waals surface area contributed by atoms with Crippen LogP contribution in [-0.4, -0.2) is 39.3 Å². The molecule has 0 bridgehead atoms. The molecule has 5 nitrogen and oxygen atoms in total. The first-order chi connectivity index (χ1) is 9.38. The van der Waals surface area contributed by atoms with Crippen LogP contribution in [0.25, 0.3) is 0 Å². The van der Waals surface area contributed by atoms with Gasteiger partial charge in [0.2, 0.25) is 11.8 Å². The summed E-state index contributed by atoms with van der Waals surface area (Å²) in [5, 5.41) is 8.50. The number of carbonyl (C=O) groups excluding carboxylic acids is 1. The number of likely N-dealkylation sites (tertiary alicyclic amines) is 1. The van der Waals surface area contributed by atoms with E-state index in [-0.39, 0.29) is 11.3 Å². The predicted octanol–water partition coefficient (Wildman–Crippen LogP) is 2.86. The van der Waals surface area contributed by atoms with Gasteiger partial charge in [0.15, 0.2) is 0 Å². The van der Waals surface area contributed by atoms with Crippen LogP contribution in [0.15, 0.2) is 9.64 Å². The van der Waals surface area contributed by atoms with E-state index < -0.39 is 0 Å². The molecule has 0 N–H and O–H groups in total. The summed E-state index contributed by atoms with van der Waals surface area (Å²) in [6, 6.07) is 0.352. The number of rotatable bonds is 3. The van der Waals surface area contributed by atoms with Crippen molar-refractivity contribution in [2.45, 2.75) is 63.6 Å². The highest BCUT2D eigenvalue weighted by Gasteiger charge is 2.25. The van der Waals surface area contributed by atoms with Crippen LogP contribution >= 0.6 is 11.8 Å². The Morgan fingerprint density at radius 2 is 2.15 bits per heavy atom. The molecule has 0 unspecified atom stereocenters. The van der Waals surface area contributed by atoms with E-state index in [2.05, 4.69) is 17.1 Å². The Morgan fingerprint density at radius 1 is 1.40 bits per heavy atom. The van der Waals surface area contributed by atoms with E-state index in [1.807, 2.05) is 25.7 Å². The van der Waals surface area contributed by atoms with Gasteiger partial charge in [0, 0.05) is 18.0 Å². The summed E-state index contributed by atoms with van der Waals surface area (Å²) >= 11 is 1.33. The molecule has 1 atom stereocenters. The zero-order valence-corrected chi connectivity index (χ0v) is 13.5. The summed E-state index contributed by atoms with van der Waals surface area (Å²) in [5.74, 6) is 1.15. The maximum atomic E-state index is 12.2. The molecule has 112 valence electrons. The maximum Gasteiger partial charge on any atom is 0.277 e. The Bertz CT molecular complexity index is 467. The van der Waals surface area contributed by atoms with Crippen molar-refractivity contribution in [3.63, 3.8) is 0 Å². The highest BCUT2D eigenvalue weighted by atomic mass is 32.2. The van der Waals surface area contributed by atoms with Crippen molar-refractivity contribution in [3.8, 4) is 0 Å². The third kappa shape index (κ3) is 3.75. The number of nitrogens with zero attached hydrogens (tertiary/aromatic N) is 3. The average Bonchev–Trinajstić information content (AvgIpc) is 2.85. The van der Waals surface area contributed by atoms with E-state index in [0.29, 0.717) is 22.9 Å². The summed E-state index contributed by atoms with van der Waals surface area (Å²) in [5.41, 5.74) is -0.156. The maximum absolute atomic E-state index is 12.2. The van der Waals surface area contributed by atoms with Crippen LogP contribution in [0.4, 0.5) is 0 Å². The topological polar surface area (TPSA) is 59.2 Å². The molecule has 2 rings (SSSR count). The first-order valence-corrected chi connectivity index (χ1v) is 8.13. The van der Waals surface area contributed by atoms with Gasteiger partial charge in [0.1, 0.15) is 0 Å². The Labute approximate surface area is 124 Å². The molecule has 1 aliphatic heterocycles. The number of amides is 1. The van der Waals surface area contributed by atoms with E-state index in [1.165, 1.54) is 18.2 Å². The number of thioether (sulfide) groups is 1. The highest BCUT2D eigenvalue weighted by Crippen LogP contribution is 2.25. The molecule has 0 aliphatic carbocycles. The monoisotopic (exact) mass is 297 g/mol. The molecule has 1 aromatic heterocycles. The third-order valence-electron chi connectivity index (χ3n) is 3.49. The minimum atomic E-state index is -0.156. The molecule has 1 aromatic rings. The number of piperidine rings is 1. The van der Waals surface area contributed by atoms with Gasteiger partial charge >= 0.3 is 0 Å². The van der Waals surface area contributed by atoms with E-state index in [1.54, 1.807) is 0 Å². The fourth-order valence-corrected chi connectivity index (χ4v) is 2.90. The Balaban J connectivity index is 1.88. The summed E-state index contributed by atoms with van der Waals surface area (Å²) < 4.78 is 5.58. The van der Waals surface area contributed by atoms with Crippen molar-refractivity contribution in [1.82, 2.24) is 15.1 Å². The molecule has 0 radical (unpaired) electrons. The molecule has 1 aliphatic rings. The lowest BCUT2D eigenvalue weighted by Gasteiger charge is -2.33. The second-order valence-corrected chi connectivity index (χ2v) is 7.27. The second kappa shape index (κ2) is 6.16. The SMILES string of the molecule is C[C@@H]1CCCCN1C(=O)CSc1nnc(C(C)(C)C)o1. The zero-order valence-electron chi connectivity index (χ0n) is 12.7. The van der Waals surface area contributed by atoms with Gasteiger partial charge in [0.05, 0.1) is 5.75 Å². The largest absolute Gasteiger partial charge is 0.415 e. The lowest BCUT2D eigenvalue weighted by Crippen LogP contribution is -2.42. The van der Waals surface area contributed by atoms with Gasteiger partial charge in [-0.25, -0.2) is 0 Å². The molecule has 0 saturated carbocycles. The van der Waals surface area contributed by atoms with Gasteiger partial charge in [-0.15, -0.1) is 10.2 Å². The summed E-state index contributed by atoms with van der Waals surface area (Å²) in [6.45, 7) is 9.06. The van der Waals surface area contributed by atoms with Crippen molar-refractivity contribution < 1.29 is 9.21 Å². The Morgan fingerprint density at radius 3 is 2.75 bits per heavy atom. The van der Waals surface area contributed by atoms with Gasteiger partial charge in [-0.2, -0.15) is 0 Å². The summed E-state index contributed by atoms with van der Waals surface area (Å²) in [7, 11) is 0. The molecule has 1 saturated heterocycles. The van der Waals surface area contributed by atoms with Crippen LogP contribution < -0.4 is 0 Å². The Kier molecular flexibility index (Phi) is 4.73. The van der Waals surface area contributed by atoms with Crippen LogP contribution in [0.3, 0.4) is 0 Å². The van der Waals surface area contributed by atoms with Crippen molar-refractivity contribution in [2.75, 3.05) is 12.3 Å². The molecule has 2 heterocycles. The minimum absolute atomic E-state index is 0.156. The minimum Gasteiger partial charge on any atom is -0.415 e. The first-order valence-electron chi connectivity index (χ1n) is 7.14. The van der Waals surface area contributed by atoms with Crippen molar-refractivity contribution >= 4 is 17.7 Å². The molecule has 20 heavy (non-hydrogen) atoms. The molecule has 6 heteroatoms. The van der Waals surface area contributed by atoms with Gasteiger partial charge < -0.3 is 9.32 Å². The van der Waals surface area contributed by atoms with Gasteiger partial charge in [0.25, 0.3) is 5.22 Å². The molecule has 1 fully saturated rings. The fraction of sp³-hybridized carbons (Fsp3) is 0.786. The lowest BCUT2D eigenvalue weighted by molar-refractivity contribution is -0.131. The van der Waals surface area contributed by atoms with E-state index in [9.17, 15) is 4.79 Å². The van der Waals surface area contributed by atoms with E-state index in [4.69, 9.17) is 4.42 Å². The normalized spacial score (nSPS) is 20.2. The smallest absolute Gasteiger partial charge is 0.277 e. The number of hydrogen-bond donors (Lipinski definition) is 0. The van der Waals surface area contributed by atoms with Crippen molar-refractivity contribution in [1.29, 1.82) is 0 Å². The number of hydrogen-bond acceptors (Lipinski definition) is 5. The molecule has 1 amide bonds. The van der Waals surface area contributed by atoms with Gasteiger partial charge in [-0.1, -0.05) is 32.5 Å². The van der Waals surface area contributed by atoms with E-state index >= 15 is 0 Å².